The first-order chi connectivity index (χ1) is 13.4. The molecule has 0 spiro atoms. The second kappa shape index (κ2) is 9.47. The van der Waals surface area contributed by atoms with E-state index in [2.05, 4.69) is 5.32 Å². The molecule has 8 nitrogen and oxygen atoms in total. The van der Waals surface area contributed by atoms with Gasteiger partial charge in [-0.3, -0.25) is 14.9 Å². The minimum absolute atomic E-state index is 0. The molecule has 2 aromatic rings. The second-order valence-electron chi connectivity index (χ2n) is 6.59. The Morgan fingerprint density at radius 1 is 1.31 bits per heavy atom. The molecule has 1 atom stereocenters. The number of aryl methyl sites for hydroxylation is 1. The van der Waals surface area contributed by atoms with Crippen LogP contribution in [0.4, 0.5) is 11.4 Å². The molecule has 2 aromatic carbocycles. The molecule has 0 bridgehead atoms. The lowest BCUT2D eigenvalue weighted by Crippen LogP contribution is -2.31. The van der Waals surface area contributed by atoms with Crippen LogP contribution in [0.25, 0.3) is 0 Å². The maximum absolute atomic E-state index is 12.9. The van der Waals surface area contributed by atoms with Crippen LogP contribution in [-0.4, -0.2) is 24.5 Å². The van der Waals surface area contributed by atoms with E-state index in [1.54, 1.807) is 13.0 Å². The number of nitrogens with one attached hydrogen (secondary N) is 1. The molecule has 0 saturated heterocycles. The lowest BCUT2D eigenvalue weighted by atomic mass is 9.87. The zero-order valence-electron chi connectivity index (χ0n) is 16.3. The molecule has 29 heavy (non-hydrogen) atoms. The summed E-state index contributed by atoms with van der Waals surface area (Å²) in [5.41, 5.74) is 8.24. The number of nitro benzene ring substituents is 1. The monoisotopic (exact) mass is 421 g/mol. The van der Waals surface area contributed by atoms with Crippen LogP contribution in [0, 0.1) is 10.1 Å². The van der Waals surface area contributed by atoms with Crippen molar-refractivity contribution in [2.75, 3.05) is 19.5 Å². The maximum atomic E-state index is 12.9. The predicted molar refractivity (Wildman–Crippen MR) is 112 cm³/mol. The van der Waals surface area contributed by atoms with E-state index in [4.69, 9.17) is 15.2 Å². The number of benzene rings is 2. The van der Waals surface area contributed by atoms with Crippen molar-refractivity contribution >= 4 is 29.7 Å². The van der Waals surface area contributed by atoms with Gasteiger partial charge in [0.05, 0.1) is 30.7 Å². The largest absolute Gasteiger partial charge is 0.493 e. The molecule has 3 N–H and O–H groups in total. The number of nitrogens with zero attached hydrogens (tertiary/aromatic N) is 1. The summed E-state index contributed by atoms with van der Waals surface area (Å²) in [4.78, 5) is 23.8. The van der Waals surface area contributed by atoms with E-state index in [0.717, 1.165) is 30.4 Å². The standard InChI is InChI=1S/C20H23N3O5.ClH/c1-3-28-19-10-15(17(23(25)26)11-18(19)27-2)20(24)22-16-6-4-5-12-9-13(21)7-8-14(12)16;/h7-11,16H,3-6,21H2,1-2H3,(H,22,24);1H. The van der Waals surface area contributed by atoms with Gasteiger partial charge in [-0.25, -0.2) is 0 Å². The molecule has 3 rings (SSSR count). The van der Waals surface area contributed by atoms with Gasteiger partial charge in [-0.05, 0) is 49.4 Å². The van der Waals surface area contributed by atoms with E-state index >= 15 is 0 Å². The fourth-order valence-electron chi connectivity index (χ4n) is 3.53. The van der Waals surface area contributed by atoms with Crippen LogP contribution in [0.5, 0.6) is 11.5 Å². The highest BCUT2D eigenvalue weighted by Crippen LogP contribution is 2.36. The Hall–Kier alpha value is -3.00. The number of carbonyl (C=O) groups is 1. The number of ether oxygens (including phenoxy) is 2. The van der Waals surface area contributed by atoms with Crippen LogP contribution >= 0.6 is 12.4 Å². The van der Waals surface area contributed by atoms with Crippen molar-refractivity contribution in [1.82, 2.24) is 5.32 Å². The number of fused-ring (bicyclic) bond motifs is 1. The molecule has 0 saturated carbocycles. The highest BCUT2D eigenvalue weighted by molar-refractivity contribution is 5.99. The van der Waals surface area contributed by atoms with Crippen molar-refractivity contribution in [2.45, 2.75) is 32.2 Å². The number of nitrogens with two attached hydrogens (primary N) is 1. The second-order valence-corrected chi connectivity index (χ2v) is 6.59. The third kappa shape index (κ3) is 4.71. The number of hydrogen-bond acceptors (Lipinski definition) is 6. The van der Waals surface area contributed by atoms with Crippen LogP contribution in [0.2, 0.25) is 0 Å². The molecule has 1 aliphatic carbocycles. The predicted octanol–water partition coefficient (Wildman–Crippen LogP) is 3.81. The van der Waals surface area contributed by atoms with Gasteiger partial charge in [0.1, 0.15) is 5.56 Å². The van der Waals surface area contributed by atoms with Crippen molar-refractivity contribution in [3.63, 3.8) is 0 Å². The third-order valence-corrected chi connectivity index (χ3v) is 4.81. The molecule has 156 valence electrons. The van der Waals surface area contributed by atoms with Crippen molar-refractivity contribution in [1.29, 1.82) is 0 Å². The van der Waals surface area contributed by atoms with Crippen molar-refractivity contribution in [3.05, 3.63) is 57.1 Å². The molecular formula is C20H24ClN3O5. The number of nitrogen functional groups attached to an aromatic ring is 1. The van der Waals surface area contributed by atoms with Crippen LogP contribution in [-0.2, 0) is 6.42 Å². The van der Waals surface area contributed by atoms with Crippen LogP contribution in [0.1, 0.15) is 47.3 Å². The molecule has 0 heterocycles. The average molecular weight is 422 g/mol. The minimum Gasteiger partial charge on any atom is -0.493 e. The first-order valence-electron chi connectivity index (χ1n) is 9.13. The SMILES string of the molecule is CCOc1cc(C(=O)NC2CCCc3cc(N)ccc32)c([N+](=O)[O-])cc1OC.Cl. The fraction of sp³-hybridized carbons (Fsp3) is 0.350. The lowest BCUT2D eigenvalue weighted by Gasteiger charge is -2.26. The van der Waals surface area contributed by atoms with Crippen LogP contribution < -0.4 is 20.5 Å². The number of nitro groups is 1. The highest BCUT2D eigenvalue weighted by Gasteiger charge is 2.28. The van der Waals surface area contributed by atoms with Gasteiger partial charge in [0, 0.05) is 11.8 Å². The van der Waals surface area contributed by atoms with E-state index in [9.17, 15) is 14.9 Å². The molecule has 1 amide bonds. The summed E-state index contributed by atoms with van der Waals surface area (Å²) < 4.78 is 10.6. The number of amides is 1. The third-order valence-electron chi connectivity index (χ3n) is 4.81. The Labute approximate surface area is 174 Å². The minimum atomic E-state index is -0.595. The Kier molecular flexibility index (Phi) is 7.28. The summed E-state index contributed by atoms with van der Waals surface area (Å²) in [5, 5.41) is 14.4. The van der Waals surface area contributed by atoms with Gasteiger partial charge < -0.3 is 20.5 Å². The zero-order chi connectivity index (χ0) is 20.3. The smallest absolute Gasteiger partial charge is 0.286 e. The molecule has 0 fully saturated rings. The van der Waals surface area contributed by atoms with E-state index in [0.29, 0.717) is 12.3 Å². The molecule has 0 radical (unpaired) electrons. The Bertz CT molecular complexity index is 919. The van der Waals surface area contributed by atoms with Gasteiger partial charge in [-0.1, -0.05) is 6.07 Å². The van der Waals surface area contributed by atoms with Gasteiger partial charge in [0.2, 0.25) is 0 Å². The normalized spacial score (nSPS) is 14.9. The van der Waals surface area contributed by atoms with E-state index in [1.165, 1.54) is 19.2 Å². The van der Waals surface area contributed by atoms with Gasteiger partial charge in [0.15, 0.2) is 11.5 Å². The molecular weight excluding hydrogens is 398 g/mol. The Morgan fingerprint density at radius 3 is 2.72 bits per heavy atom. The Balaban J connectivity index is 0.00000300. The topological polar surface area (TPSA) is 117 Å². The summed E-state index contributed by atoms with van der Waals surface area (Å²) in [6.07, 6.45) is 2.55. The summed E-state index contributed by atoms with van der Waals surface area (Å²) in [6.45, 7) is 2.12. The summed E-state index contributed by atoms with van der Waals surface area (Å²) >= 11 is 0. The average Bonchev–Trinajstić information content (AvgIpc) is 2.67. The zero-order valence-corrected chi connectivity index (χ0v) is 17.1. The summed E-state index contributed by atoms with van der Waals surface area (Å²) in [7, 11) is 1.39. The van der Waals surface area contributed by atoms with Crippen LogP contribution in [0.15, 0.2) is 30.3 Å². The first-order valence-corrected chi connectivity index (χ1v) is 9.13. The van der Waals surface area contributed by atoms with Crippen LogP contribution in [0.3, 0.4) is 0 Å². The molecule has 0 aliphatic heterocycles. The molecule has 1 aliphatic rings. The number of rotatable bonds is 6. The molecule has 1 unspecified atom stereocenters. The number of hydrogen-bond donors (Lipinski definition) is 2. The van der Waals surface area contributed by atoms with Gasteiger partial charge in [0.25, 0.3) is 11.6 Å². The maximum Gasteiger partial charge on any atom is 0.286 e. The van der Waals surface area contributed by atoms with Gasteiger partial charge >= 0.3 is 0 Å². The number of methoxy groups -OCH3 is 1. The lowest BCUT2D eigenvalue weighted by molar-refractivity contribution is -0.385. The molecule has 0 aromatic heterocycles. The van der Waals surface area contributed by atoms with E-state index in [-0.39, 0.29) is 41.2 Å². The van der Waals surface area contributed by atoms with Crippen molar-refractivity contribution in [2.24, 2.45) is 0 Å². The summed E-state index contributed by atoms with van der Waals surface area (Å²) in [5.74, 6) is -0.0221. The van der Waals surface area contributed by atoms with Gasteiger partial charge in [-0.2, -0.15) is 0 Å². The highest BCUT2D eigenvalue weighted by atomic mass is 35.5. The molecule has 9 heteroatoms. The quantitative estimate of drug-likeness (QED) is 0.416. The summed E-state index contributed by atoms with van der Waals surface area (Å²) in [6, 6.07) is 7.97. The van der Waals surface area contributed by atoms with E-state index in [1.807, 2.05) is 12.1 Å². The first kappa shape index (κ1) is 22.3. The fourth-order valence-corrected chi connectivity index (χ4v) is 3.53. The van der Waals surface area contributed by atoms with Gasteiger partial charge in [-0.15, -0.1) is 12.4 Å². The van der Waals surface area contributed by atoms with Crippen molar-refractivity contribution < 1.29 is 19.2 Å². The number of halogens is 1. The van der Waals surface area contributed by atoms with E-state index < -0.39 is 10.8 Å². The van der Waals surface area contributed by atoms with Crippen molar-refractivity contribution in [3.8, 4) is 11.5 Å². The Morgan fingerprint density at radius 2 is 2.07 bits per heavy atom. The number of carbonyl (C=O) groups excluding carboxylic acids is 1. The number of anilines is 1.